The molecule has 1 aliphatic carbocycles. The van der Waals surface area contributed by atoms with E-state index in [9.17, 15) is 19.2 Å². The fraction of sp³-hybridized carbons (Fsp3) is 0.371. The second kappa shape index (κ2) is 13.3. The van der Waals surface area contributed by atoms with Crippen molar-refractivity contribution in [1.29, 1.82) is 0 Å². The van der Waals surface area contributed by atoms with Crippen LogP contribution in [0.5, 0.6) is 0 Å². The number of fused-ring (bicyclic) bond motifs is 1. The van der Waals surface area contributed by atoms with Crippen molar-refractivity contribution in [2.24, 2.45) is 0 Å². The molecule has 5 rings (SSSR count). The molecule has 0 atom stereocenters. The molecule has 0 spiro atoms. The molecule has 0 radical (unpaired) electrons. The van der Waals surface area contributed by atoms with Crippen molar-refractivity contribution in [2.75, 3.05) is 11.9 Å². The van der Waals surface area contributed by atoms with Crippen molar-refractivity contribution in [3.05, 3.63) is 94.3 Å². The summed E-state index contributed by atoms with van der Waals surface area (Å²) in [6, 6.07) is 22.2. The third-order valence-corrected chi connectivity index (χ3v) is 8.19. The molecule has 1 saturated carbocycles. The molecular weight excluding hydrogens is 556 g/mol. The normalized spacial score (nSPS) is 13.9. The van der Waals surface area contributed by atoms with Crippen molar-refractivity contribution in [3.63, 3.8) is 0 Å². The number of ether oxygens (including phenoxy) is 1. The van der Waals surface area contributed by atoms with Gasteiger partial charge in [-0.1, -0.05) is 49.6 Å². The number of anilines is 1. The van der Waals surface area contributed by atoms with Gasteiger partial charge in [-0.3, -0.25) is 23.9 Å². The van der Waals surface area contributed by atoms with Crippen molar-refractivity contribution < 1.29 is 19.1 Å². The Balaban J connectivity index is 1.33. The van der Waals surface area contributed by atoms with Crippen LogP contribution in [0.15, 0.2) is 77.6 Å². The third kappa shape index (κ3) is 6.77. The number of carbonyl (C=O) groups excluding carboxylic acids is 3. The number of hydrogen-bond acceptors (Lipinski definition) is 5. The number of aromatic nitrogens is 2. The first kappa shape index (κ1) is 30.8. The molecule has 2 N–H and O–H groups in total. The molecule has 1 aromatic heterocycles. The van der Waals surface area contributed by atoms with Gasteiger partial charge in [0, 0.05) is 17.7 Å². The van der Waals surface area contributed by atoms with Crippen LogP contribution in [0, 0.1) is 0 Å². The van der Waals surface area contributed by atoms with Gasteiger partial charge in [0.2, 0.25) is 5.91 Å². The summed E-state index contributed by atoms with van der Waals surface area (Å²) in [5.41, 5.74) is 2.00. The van der Waals surface area contributed by atoms with Crippen LogP contribution in [-0.4, -0.2) is 39.3 Å². The molecule has 1 heterocycles. The SMILES string of the molecule is CCOC(=O)CCc1ccc(NC(=O)C(C)(C)NC(=O)c2ccc3c(c2)c(=O)n(-c2ccccc2)n3C2CCCCC2)cc1. The maximum atomic E-state index is 13.8. The maximum Gasteiger partial charge on any atom is 0.306 e. The standard InChI is InChI=1S/C35H40N4O5/c1-4-44-31(40)22-17-24-15-19-26(20-16-24)36-34(43)35(2,3)37-32(41)25-18-21-30-29(23-25)33(42)39(28-13-9-6-10-14-28)38(30)27-11-7-5-8-12-27/h6,9-10,13-16,18-21,23,27H,4-5,7-8,11-12,17,22H2,1-3H3,(H,36,43)(H,37,41). The number of rotatable bonds is 10. The van der Waals surface area contributed by atoms with Gasteiger partial charge in [-0.2, -0.15) is 0 Å². The lowest BCUT2D eigenvalue weighted by molar-refractivity contribution is -0.143. The number of amides is 2. The molecule has 230 valence electrons. The first-order valence-corrected chi connectivity index (χ1v) is 15.4. The minimum Gasteiger partial charge on any atom is -0.466 e. The predicted octanol–water partition coefficient (Wildman–Crippen LogP) is 5.94. The highest BCUT2D eigenvalue weighted by Gasteiger charge is 2.31. The Morgan fingerprint density at radius 2 is 1.64 bits per heavy atom. The summed E-state index contributed by atoms with van der Waals surface area (Å²) in [7, 11) is 0. The largest absolute Gasteiger partial charge is 0.466 e. The highest BCUT2D eigenvalue weighted by molar-refractivity contribution is 6.04. The number of esters is 1. The Hall–Kier alpha value is -4.66. The number of nitrogens with zero attached hydrogens (tertiary/aromatic N) is 2. The molecule has 9 nitrogen and oxygen atoms in total. The van der Waals surface area contributed by atoms with Gasteiger partial charge in [-0.25, -0.2) is 4.68 Å². The Morgan fingerprint density at radius 3 is 2.32 bits per heavy atom. The summed E-state index contributed by atoms with van der Waals surface area (Å²) in [6.07, 6.45) is 6.25. The highest BCUT2D eigenvalue weighted by atomic mass is 16.5. The minimum absolute atomic E-state index is 0.172. The van der Waals surface area contributed by atoms with E-state index >= 15 is 0 Å². The number of aryl methyl sites for hydroxylation is 1. The van der Waals surface area contributed by atoms with Crippen LogP contribution >= 0.6 is 0 Å². The summed E-state index contributed by atoms with van der Waals surface area (Å²) in [4.78, 5) is 52.0. The van der Waals surface area contributed by atoms with E-state index in [1.165, 1.54) is 6.42 Å². The van der Waals surface area contributed by atoms with Gasteiger partial charge in [0.25, 0.3) is 11.5 Å². The van der Waals surface area contributed by atoms with Gasteiger partial charge >= 0.3 is 5.97 Å². The average Bonchev–Trinajstić information content (AvgIpc) is 3.33. The first-order valence-electron chi connectivity index (χ1n) is 15.4. The summed E-state index contributed by atoms with van der Waals surface area (Å²) in [5, 5.41) is 6.15. The van der Waals surface area contributed by atoms with Gasteiger partial charge < -0.3 is 15.4 Å². The zero-order chi connectivity index (χ0) is 31.3. The molecule has 0 bridgehead atoms. The fourth-order valence-electron chi connectivity index (χ4n) is 5.80. The van der Waals surface area contributed by atoms with Crippen LogP contribution in [0.3, 0.4) is 0 Å². The van der Waals surface area contributed by atoms with E-state index in [2.05, 4.69) is 15.3 Å². The quantitative estimate of drug-likeness (QED) is 0.220. The van der Waals surface area contributed by atoms with Crippen LogP contribution in [-0.2, 0) is 20.7 Å². The summed E-state index contributed by atoms with van der Waals surface area (Å²) >= 11 is 0. The van der Waals surface area contributed by atoms with Crippen molar-refractivity contribution in [1.82, 2.24) is 14.7 Å². The van der Waals surface area contributed by atoms with Gasteiger partial charge in [0.1, 0.15) is 5.54 Å². The topological polar surface area (TPSA) is 111 Å². The van der Waals surface area contributed by atoms with Crippen molar-refractivity contribution >= 4 is 34.4 Å². The number of nitrogens with one attached hydrogen (secondary N) is 2. The molecule has 0 saturated heterocycles. The number of carbonyl (C=O) groups is 3. The number of para-hydroxylation sites is 1. The monoisotopic (exact) mass is 596 g/mol. The van der Waals surface area contributed by atoms with E-state index in [4.69, 9.17) is 4.74 Å². The molecule has 3 aromatic carbocycles. The molecule has 9 heteroatoms. The smallest absolute Gasteiger partial charge is 0.306 e. The van der Waals surface area contributed by atoms with E-state index in [-0.39, 0.29) is 29.9 Å². The second-order valence-electron chi connectivity index (χ2n) is 11.9. The van der Waals surface area contributed by atoms with Crippen molar-refractivity contribution in [3.8, 4) is 5.69 Å². The fourth-order valence-corrected chi connectivity index (χ4v) is 5.80. The first-order chi connectivity index (χ1) is 21.2. The summed E-state index contributed by atoms with van der Waals surface area (Å²) in [5.74, 6) is -1.08. The van der Waals surface area contributed by atoms with E-state index < -0.39 is 11.4 Å². The van der Waals surface area contributed by atoms with Crippen LogP contribution in [0.25, 0.3) is 16.6 Å². The van der Waals surface area contributed by atoms with Gasteiger partial charge in [-0.15, -0.1) is 0 Å². The second-order valence-corrected chi connectivity index (χ2v) is 11.9. The lowest BCUT2D eigenvalue weighted by atomic mass is 9.95. The average molecular weight is 597 g/mol. The van der Waals surface area contributed by atoms with Gasteiger partial charge in [-0.05, 0) is 88.1 Å². The zero-order valence-corrected chi connectivity index (χ0v) is 25.6. The molecular formula is C35H40N4O5. The van der Waals surface area contributed by atoms with E-state index in [1.54, 1.807) is 49.7 Å². The van der Waals surface area contributed by atoms with E-state index in [0.717, 1.165) is 42.5 Å². The molecule has 0 unspecified atom stereocenters. The van der Waals surface area contributed by atoms with Crippen LogP contribution in [0.1, 0.15) is 81.3 Å². The lowest BCUT2D eigenvalue weighted by Crippen LogP contribution is -2.52. The molecule has 1 aliphatic rings. The zero-order valence-electron chi connectivity index (χ0n) is 25.6. The predicted molar refractivity (Wildman–Crippen MR) is 171 cm³/mol. The maximum absolute atomic E-state index is 13.8. The van der Waals surface area contributed by atoms with Crippen LogP contribution in [0.2, 0.25) is 0 Å². The van der Waals surface area contributed by atoms with Crippen LogP contribution < -0.4 is 16.2 Å². The van der Waals surface area contributed by atoms with Gasteiger partial charge in [0.05, 0.1) is 29.2 Å². The molecule has 0 aliphatic heterocycles. The van der Waals surface area contributed by atoms with Crippen molar-refractivity contribution in [2.45, 2.75) is 77.3 Å². The van der Waals surface area contributed by atoms with E-state index in [0.29, 0.717) is 29.7 Å². The number of benzene rings is 3. The minimum atomic E-state index is -1.24. The lowest BCUT2D eigenvalue weighted by Gasteiger charge is -2.27. The molecule has 1 fully saturated rings. The third-order valence-electron chi connectivity index (χ3n) is 8.19. The van der Waals surface area contributed by atoms with Gasteiger partial charge in [0.15, 0.2) is 0 Å². The molecule has 44 heavy (non-hydrogen) atoms. The molecule has 2 amide bonds. The summed E-state index contributed by atoms with van der Waals surface area (Å²) < 4.78 is 8.81. The Labute approximate surface area is 257 Å². The Bertz CT molecular complexity index is 1700. The Morgan fingerprint density at radius 1 is 0.932 bits per heavy atom. The highest BCUT2D eigenvalue weighted by Crippen LogP contribution is 2.32. The number of hydrogen-bond donors (Lipinski definition) is 2. The summed E-state index contributed by atoms with van der Waals surface area (Å²) in [6.45, 7) is 5.39. The van der Waals surface area contributed by atoms with E-state index in [1.807, 2.05) is 48.5 Å². The van der Waals surface area contributed by atoms with Crippen LogP contribution in [0.4, 0.5) is 5.69 Å². The Kier molecular flexibility index (Phi) is 9.32. The molecule has 4 aromatic rings.